The van der Waals surface area contributed by atoms with E-state index in [4.69, 9.17) is 0 Å². The van der Waals surface area contributed by atoms with E-state index in [1.54, 1.807) is 6.92 Å². The Kier molecular flexibility index (Phi) is 11.4. The summed E-state index contributed by atoms with van der Waals surface area (Å²) in [6, 6.07) is -0.400. The summed E-state index contributed by atoms with van der Waals surface area (Å²) in [5.74, 6) is -0.00695. The third kappa shape index (κ3) is 9.53. The van der Waals surface area contributed by atoms with E-state index in [0.717, 1.165) is 25.7 Å². The minimum absolute atomic E-state index is 0.0776. The van der Waals surface area contributed by atoms with Gasteiger partial charge < -0.3 is 10.6 Å². The van der Waals surface area contributed by atoms with E-state index in [1.165, 1.54) is 0 Å². The van der Waals surface area contributed by atoms with E-state index in [9.17, 15) is 14.4 Å². The van der Waals surface area contributed by atoms with Crippen molar-refractivity contribution >= 4 is 17.6 Å². The van der Waals surface area contributed by atoms with Crippen LogP contribution in [0.5, 0.6) is 0 Å². The van der Waals surface area contributed by atoms with Gasteiger partial charge in [-0.25, -0.2) is 0 Å². The molecular formula is C17H32N2O3. The van der Waals surface area contributed by atoms with E-state index >= 15 is 0 Å². The quantitative estimate of drug-likeness (QED) is 0.544. The van der Waals surface area contributed by atoms with Crippen LogP contribution < -0.4 is 10.6 Å². The fourth-order valence-corrected chi connectivity index (χ4v) is 2.11. The number of carbonyl (C=O) groups excluding carboxylic acids is 3. The minimum Gasteiger partial charge on any atom is -0.356 e. The lowest BCUT2D eigenvalue weighted by molar-refractivity contribution is -0.129. The second kappa shape index (κ2) is 12.2. The molecule has 2 N–H and O–H groups in total. The number of carbonyl (C=O) groups is 3. The van der Waals surface area contributed by atoms with Gasteiger partial charge >= 0.3 is 0 Å². The van der Waals surface area contributed by atoms with Gasteiger partial charge in [0.05, 0.1) is 6.04 Å². The molecule has 0 heterocycles. The minimum atomic E-state index is -0.400. The Balaban J connectivity index is 4.05. The van der Waals surface area contributed by atoms with E-state index in [2.05, 4.69) is 17.6 Å². The number of Topliss-reactive ketones (excluding diaryl/α,β-unsaturated/α-hetero) is 1. The summed E-state index contributed by atoms with van der Waals surface area (Å²) in [6.45, 7) is 8.16. The average molecular weight is 312 g/mol. The zero-order valence-electron chi connectivity index (χ0n) is 14.5. The Labute approximate surface area is 134 Å². The Hall–Kier alpha value is -1.39. The predicted molar refractivity (Wildman–Crippen MR) is 88.5 cm³/mol. The molecule has 0 spiro atoms. The summed E-state index contributed by atoms with van der Waals surface area (Å²) in [5, 5.41) is 5.68. The van der Waals surface area contributed by atoms with Crippen LogP contribution in [0.2, 0.25) is 0 Å². The van der Waals surface area contributed by atoms with Crippen molar-refractivity contribution in [1.82, 2.24) is 10.6 Å². The van der Waals surface area contributed by atoms with Gasteiger partial charge in [0.15, 0.2) is 5.78 Å². The molecule has 0 radical (unpaired) electrons. The van der Waals surface area contributed by atoms with Crippen molar-refractivity contribution in [3.05, 3.63) is 0 Å². The summed E-state index contributed by atoms with van der Waals surface area (Å²) in [5.41, 5.74) is 0. The van der Waals surface area contributed by atoms with Gasteiger partial charge in [0, 0.05) is 25.3 Å². The molecule has 0 aromatic carbocycles. The van der Waals surface area contributed by atoms with Crippen molar-refractivity contribution in [1.29, 1.82) is 0 Å². The standard InChI is InChI=1S/C17H32N2O3/c1-5-7-11-16(21)18-12-9-8-10-14(17(22)13(3)4)19-15(20)6-2/h13-14H,5-12H2,1-4H3,(H,18,21)(H,19,20). The van der Waals surface area contributed by atoms with Crippen LogP contribution in [0, 0.1) is 5.92 Å². The zero-order valence-corrected chi connectivity index (χ0v) is 14.5. The lowest BCUT2D eigenvalue weighted by Gasteiger charge is -2.19. The second-order valence-electron chi connectivity index (χ2n) is 5.98. The summed E-state index contributed by atoms with van der Waals surface area (Å²) >= 11 is 0. The van der Waals surface area contributed by atoms with Crippen molar-refractivity contribution in [2.75, 3.05) is 6.54 Å². The summed E-state index contributed by atoms with van der Waals surface area (Å²) < 4.78 is 0. The largest absolute Gasteiger partial charge is 0.356 e. The summed E-state index contributed by atoms with van der Waals surface area (Å²) in [4.78, 5) is 35.1. The molecule has 128 valence electrons. The highest BCUT2D eigenvalue weighted by molar-refractivity contribution is 5.90. The molecule has 0 saturated heterocycles. The molecule has 1 atom stereocenters. The van der Waals surface area contributed by atoms with Crippen molar-refractivity contribution in [3.63, 3.8) is 0 Å². The second-order valence-corrected chi connectivity index (χ2v) is 5.98. The van der Waals surface area contributed by atoms with Crippen molar-refractivity contribution in [3.8, 4) is 0 Å². The van der Waals surface area contributed by atoms with Crippen molar-refractivity contribution in [2.24, 2.45) is 5.92 Å². The van der Waals surface area contributed by atoms with Crippen LogP contribution in [0.4, 0.5) is 0 Å². The van der Waals surface area contributed by atoms with Crippen LogP contribution in [-0.4, -0.2) is 30.2 Å². The lowest BCUT2D eigenvalue weighted by atomic mass is 9.97. The first-order valence-electron chi connectivity index (χ1n) is 8.52. The molecule has 0 aliphatic rings. The van der Waals surface area contributed by atoms with Crippen LogP contribution in [0.25, 0.3) is 0 Å². The molecule has 0 saturated carbocycles. The number of hydrogen-bond donors (Lipinski definition) is 2. The van der Waals surface area contributed by atoms with E-state index < -0.39 is 6.04 Å². The molecule has 0 aromatic rings. The SMILES string of the molecule is CCCCC(=O)NCCCCC(NC(=O)CC)C(=O)C(C)C. The van der Waals surface area contributed by atoms with Gasteiger partial charge in [-0.1, -0.05) is 34.1 Å². The average Bonchev–Trinajstić information content (AvgIpc) is 2.50. The molecule has 0 aromatic heterocycles. The fourth-order valence-electron chi connectivity index (χ4n) is 2.11. The lowest BCUT2D eigenvalue weighted by Crippen LogP contribution is -2.42. The van der Waals surface area contributed by atoms with Gasteiger partial charge in [0.2, 0.25) is 11.8 Å². The van der Waals surface area contributed by atoms with Gasteiger partial charge in [0.1, 0.15) is 0 Å². The molecule has 0 aliphatic heterocycles. The third-order valence-electron chi connectivity index (χ3n) is 3.57. The highest BCUT2D eigenvalue weighted by Gasteiger charge is 2.21. The topological polar surface area (TPSA) is 75.3 Å². The van der Waals surface area contributed by atoms with Gasteiger partial charge in [-0.3, -0.25) is 14.4 Å². The Bertz CT molecular complexity index is 354. The van der Waals surface area contributed by atoms with E-state index in [1.807, 2.05) is 13.8 Å². The molecule has 1 unspecified atom stereocenters. The monoisotopic (exact) mass is 312 g/mol. The number of nitrogens with one attached hydrogen (secondary N) is 2. The Morgan fingerprint density at radius 3 is 2.18 bits per heavy atom. The van der Waals surface area contributed by atoms with Crippen LogP contribution in [0.15, 0.2) is 0 Å². The highest BCUT2D eigenvalue weighted by Crippen LogP contribution is 2.08. The van der Waals surface area contributed by atoms with Crippen molar-refractivity contribution < 1.29 is 14.4 Å². The molecule has 0 bridgehead atoms. The van der Waals surface area contributed by atoms with Gasteiger partial charge in [-0.2, -0.15) is 0 Å². The van der Waals surface area contributed by atoms with Crippen LogP contribution in [-0.2, 0) is 14.4 Å². The van der Waals surface area contributed by atoms with Gasteiger partial charge in [-0.05, 0) is 25.7 Å². The maximum absolute atomic E-state index is 12.1. The van der Waals surface area contributed by atoms with Gasteiger partial charge in [-0.15, -0.1) is 0 Å². The van der Waals surface area contributed by atoms with Crippen LogP contribution in [0.3, 0.4) is 0 Å². The number of unbranched alkanes of at least 4 members (excludes halogenated alkanes) is 2. The number of ketones is 1. The van der Waals surface area contributed by atoms with E-state index in [0.29, 0.717) is 25.8 Å². The molecular weight excluding hydrogens is 280 g/mol. The van der Waals surface area contributed by atoms with E-state index in [-0.39, 0.29) is 23.5 Å². The number of rotatable bonds is 12. The first-order valence-corrected chi connectivity index (χ1v) is 8.52. The Morgan fingerprint density at radius 1 is 0.955 bits per heavy atom. The molecule has 2 amide bonds. The fraction of sp³-hybridized carbons (Fsp3) is 0.824. The van der Waals surface area contributed by atoms with Crippen molar-refractivity contribution in [2.45, 2.75) is 78.7 Å². The molecule has 5 heteroatoms. The summed E-state index contributed by atoms with van der Waals surface area (Å²) in [7, 11) is 0. The Morgan fingerprint density at radius 2 is 1.64 bits per heavy atom. The van der Waals surface area contributed by atoms with Gasteiger partial charge in [0.25, 0.3) is 0 Å². The van der Waals surface area contributed by atoms with Crippen LogP contribution in [0.1, 0.15) is 72.6 Å². The normalized spacial score (nSPS) is 12.0. The molecule has 22 heavy (non-hydrogen) atoms. The predicted octanol–water partition coefficient (Wildman–Crippen LogP) is 2.58. The molecule has 5 nitrogen and oxygen atoms in total. The third-order valence-corrected chi connectivity index (χ3v) is 3.57. The first kappa shape index (κ1) is 20.6. The molecule has 0 rings (SSSR count). The first-order chi connectivity index (χ1) is 10.4. The maximum atomic E-state index is 12.1. The van der Waals surface area contributed by atoms with Crippen LogP contribution >= 0.6 is 0 Å². The maximum Gasteiger partial charge on any atom is 0.220 e. The summed E-state index contributed by atoms with van der Waals surface area (Å²) in [6.07, 6.45) is 5.16. The highest BCUT2D eigenvalue weighted by atomic mass is 16.2. The smallest absolute Gasteiger partial charge is 0.220 e. The molecule has 0 fully saturated rings. The number of amides is 2. The zero-order chi connectivity index (χ0) is 17.0. The molecule has 0 aliphatic carbocycles. The number of hydrogen-bond acceptors (Lipinski definition) is 3.